The molecule has 9 heteroatoms. The highest BCUT2D eigenvalue weighted by Crippen LogP contribution is 2.22. The summed E-state index contributed by atoms with van der Waals surface area (Å²) in [6, 6.07) is 27.1. The van der Waals surface area contributed by atoms with Crippen molar-refractivity contribution >= 4 is 17.6 Å². The number of hydrogen-bond acceptors (Lipinski definition) is 6. The SMILES string of the molecule is COc1ccc(-c2ccc(N3CCCN(C(=O)CN(Cc4ccc(F)cc4)C(=O)Cc4ccccc4)CC3)nn2)cc1. The monoisotopic (exact) mass is 567 g/mol. The first kappa shape index (κ1) is 28.7. The standard InChI is InChI=1S/C33H34FN5O3/c1-42-29-14-10-27(11-15-29)30-16-17-31(36-35-30)37-18-5-19-38(21-20-37)33(41)24-39(23-26-8-12-28(34)13-9-26)32(40)22-25-6-3-2-4-7-25/h2-4,6-17H,5,18-24H2,1H3. The average Bonchev–Trinajstić information content (AvgIpc) is 3.29. The fourth-order valence-corrected chi connectivity index (χ4v) is 4.99. The largest absolute Gasteiger partial charge is 0.497 e. The number of ether oxygens (including phenoxy) is 1. The summed E-state index contributed by atoms with van der Waals surface area (Å²) in [5, 5.41) is 8.88. The van der Waals surface area contributed by atoms with E-state index in [2.05, 4.69) is 15.1 Å². The summed E-state index contributed by atoms with van der Waals surface area (Å²) >= 11 is 0. The number of carbonyl (C=O) groups is 2. The summed E-state index contributed by atoms with van der Waals surface area (Å²) in [5.74, 6) is 0.943. The molecule has 0 unspecified atom stereocenters. The van der Waals surface area contributed by atoms with E-state index in [0.717, 1.165) is 46.9 Å². The number of hydrogen-bond donors (Lipinski definition) is 0. The van der Waals surface area contributed by atoms with E-state index in [1.165, 1.54) is 12.1 Å². The van der Waals surface area contributed by atoms with Crippen LogP contribution in [0, 0.1) is 5.82 Å². The first-order chi connectivity index (χ1) is 20.5. The summed E-state index contributed by atoms with van der Waals surface area (Å²) in [7, 11) is 1.63. The zero-order valence-corrected chi connectivity index (χ0v) is 23.7. The molecule has 1 saturated heterocycles. The van der Waals surface area contributed by atoms with Crippen LogP contribution in [0.1, 0.15) is 17.5 Å². The Morgan fingerprint density at radius 3 is 2.29 bits per heavy atom. The molecule has 1 fully saturated rings. The Bertz CT molecular complexity index is 1460. The van der Waals surface area contributed by atoms with Gasteiger partial charge in [0.25, 0.3) is 0 Å². The summed E-state index contributed by atoms with van der Waals surface area (Å²) < 4.78 is 18.7. The topological polar surface area (TPSA) is 78.9 Å². The van der Waals surface area contributed by atoms with Gasteiger partial charge in [-0.3, -0.25) is 9.59 Å². The van der Waals surface area contributed by atoms with Crippen molar-refractivity contribution in [3.8, 4) is 17.0 Å². The van der Waals surface area contributed by atoms with E-state index in [1.807, 2.05) is 71.6 Å². The molecule has 1 aliphatic heterocycles. The summed E-state index contributed by atoms with van der Waals surface area (Å²) in [5.41, 5.74) is 3.37. The van der Waals surface area contributed by atoms with Crippen LogP contribution in [0.3, 0.4) is 0 Å². The van der Waals surface area contributed by atoms with Gasteiger partial charge in [0.2, 0.25) is 11.8 Å². The Labute approximate surface area is 245 Å². The number of nitrogens with zero attached hydrogens (tertiary/aromatic N) is 5. The number of halogens is 1. The van der Waals surface area contributed by atoms with Crippen LogP contribution in [0.25, 0.3) is 11.3 Å². The third-order valence-electron chi connectivity index (χ3n) is 7.37. The van der Waals surface area contributed by atoms with Crippen LogP contribution in [-0.4, -0.2) is 71.6 Å². The highest BCUT2D eigenvalue weighted by Gasteiger charge is 2.24. The van der Waals surface area contributed by atoms with Crippen LogP contribution < -0.4 is 9.64 Å². The molecule has 42 heavy (non-hydrogen) atoms. The molecular weight excluding hydrogens is 533 g/mol. The second-order valence-corrected chi connectivity index (χ2v) is 10.3. The molecule has 2 amide bonds. The van der Waals surface area contributed by atoms with Gasteiger partial charge in [-0.25, -0.2) is 4.39 Å². The highest BCUT2D eigenvalue weighted by atomic mass is 19.1. The molecule has 4 aromatic rings. The van der Waals surface area contributed by atoms with Crippen molar-refractivity contribution in [2.75, 3.05) is 44.7 Å². The molecule has 0 N–H and O–H groups in total. The first-order valence-corrected chi connectivity index (χ1v) is 14.1. The van der Waals surface area contributed by atoms with E-state index < -0.39 is 0 Å². The van der Waals surface area contributed by atoms with Crippen molar-refractivity contribution in [3.05, 3.63) is 108 Å². The molecule has 5 rings (SSSR count). The molecule has 0 atom stereocenters. The Hall–Kier alpha value is -4.79. The molecule has 1 aliphatic rings. The van der Waals surface area contributed by atoms with Crippen molar-refractivity contribution in [2.24, 2.45) is 0 Å². The number of rotatable bonds is 9. The van der Waals surface area contributed by atoms with Crippen molar-refractivity contribution in [3.63, 3.8) is 0 Å². The van der Waals surface area contributed by atoms with Crippen molar-refractivity contribution in [2.45, 2.75) is 19.4 Å². The molecule has 0 spiro atoms. The first-order valence-electron chi connectivity index (χ1n) is 14.1. The van der Waals surface area contributed by atoms with Gasteiger partial charge in [0.15, 0.2) is 5.82 Å². The third-order valence-corrected chi connectivity index (χ3v) is 7.37. The lowest BCUT2D eigenvalue weighted by Gasteiger charge is -2.27. The Balaban J connectivity index is 1.22. The van der Waals surface area contributed by atoms with E-state index in [-0.39, 0.29) is 37.1 Å². The van der Waals surface area contributed by atoms with Gasteiger partial charge in [-0.15, -0.1) is 10.2 Å². The maximum Gasteiger partial charge on any atom is 0.242 e. The van der Waals surface area contributed by atoms with Gasteiger partial charge < -0.3 is 19.4 Å². The summed E-state index contributed by atoms with van der Waals surface area (Å²) in [4.78, 5) is 32.3. The zero-order chi connectivity index (χ0) is 29.3. The Morgan fingerprint density at radius 1 is 0.833 bits per heavy atom. The van der Waals surface area contributed by atoms with Crippen molar-refractivity contribution in [1.82, 2.24) is 20.0 Å². The summed E-state index contributed by atoms with van der Waals surface area (Å²) in [6.07, 6.45) is 0.956. The Kier molecular flexibility index (Phi) is 9.38. The number of amides is 2. The smallest absolute Gasteiger partial charge is 0.242 e. The average molecular weight is 568 g/mol. The maximum absolute atomic E-state index is 13.5. The molecular formula is C33H34FN5O3. The van der Waals surface area contributed by atoms with Gasteiger partial charge in [0.1, 0.15) is 18.1 Å². The number of methoxy groups -OCH3 is 1. The van der Waals surface area contributed by atoms with E-state index in [9.17, 15) is 14.0 Å². The fraction of sp³-hybridized carbons (Fsp3) is 0.273. The van der Waals surface area contributed by atoms with Crippen LogP contribution in [-0.2, 0) is 22.6 Å². The summed E-state index contributed by atoms with van der Waals surface area (Å²) in [6.45, 7) is 2.64. The number of aromatic nitrogens is 2. The van der Waals surface area contributed by atoms with Crippen LogP contribution in [0.2, 0.25) is 0 Å². The minimum Gasteiger partial charge on any atom is -0.497 e. The molecule has 0 saturated carbocycles. The van der Waals surface area contributed by atoms with Crippen LogP contribution in [0.4, 0.5) is 10.2 Å². The molecule has 0 aliphatic carbocycles. The van der Waals surface area contributed by atoms with Gasteiger partial charge >= 0.3 is 0 Å². The van der Waals surface area contributed by atoms with E-state index in [1.54, 1.807) is 24.1 Å². The second kappa shape index (κ2) is 13.7. The Morgan fingerprint density at radius 2 is 1.60 bits per heavy atom. The van der Waals surface area contributed by atoms with Crippen molar-refractivity contribution < 1.29 is 18.7 Å². The molecule has 0 radical (unpaired) electrons. The zero-order valence-electron chi connectivity index (χ0n) is 23.7. The van der Waals surface area contributed by atoms with Crippen LogP contribution >= 0.6 is 0 Å². The van der Waals surface area contributed by atoms with Gasteiger partial charge in [-0.2, -0.15) is 0 Å². The molecule has 216 valence electrons. The fourth-order valence-electron chi connectivity index (χ4n) is 4.99. The predicted molar refractivity (Wildman–Crippen MR) is 159 cm³/mol. The molecule has 8 nitrogen and oxygen atoms in total. The quantitative estimate of drug-likeness (QED) is 0.294. The molecule has 1 aromatic heterocycles. The number of benzene rings is 3. The minimum atomic E-state index is -0.342. The maximum atomic E-state index is 13.5. The lowest BCUT2D eigenvalue weighted by molar-refractivity contribution is -0.140. The van der Waals surface area contributed by atoms with E-state index >= 15 is 0 Å². The number of carbonyl (C=O) groups excluding carboxylic acids is 2. The number of anilines is 1. The minimum absolute atomic E-state index is 0.0423. The molecule has 3 aromatic carbocycles. The lowest BCUT2D eigenvalue weighted by Crippen LogP contribution is -2.44. The van der Waals surface area contributed by atoms with Gasteiger partial charge in [0, 0.05) is 38.3 Å². The third kappa shape index (κ3) is 7.48. The predicted octanol–water partition coefficient (Wildman–Crippen LogP) is 4.60. The molecule has 2 heterocycles. The van der Waals surface area contributed by atoms with Crippen LogP contribution in [0.5, 0.6) is 5.75 Å². The highest BCUT2D eigenvalue weighted by molar-refractivity contribution is 5.86. The lowest BCUT2D eigenvalue weighted by atomic mass is 10.1. The van der Waals surface area contributed by atoms with Crippen LogP contribution in [0.15, 0.2) is 91.0 Å². The van der Waals surface area contributed by atoms with Crippen molar-refractivity contribution in [1.29, 1.82) is 0 Å². The second-order valence-electron chi connectivity index (χ2n) is 10.3. The van der Waals surface area contributed by atoms with Gasteiger partial charge in [0.05, 0.1) is 19.2 Å². The normalized spacial score (nSPS) is 13.4. The molecule has 0 bridgehead atoms. The van der Waals surface area contributed by atoms with Gasteiger partial charge in [-0.1, -0.05) is 42.5 Å². The van der Waals surface area contributed by atoms with E-state index in [0.29, 0.717) is 19.6 Å². The van der Waals surface area contributed by atoms with Gasteiger partial charge in [-0.05, 0) is 66.1 Å². The van der Waals surface area contributed by atoms with E-state index in [4.69, 9.17) is 4.74 Å².